The molecule has 1 fully saturated rings. The third-order valence-electron chi connectivity index (χ3n) is 5.93. The number of rotatable bonds is 1. The second kappa shape index (κ2) is 10.4. The van der Waals surface area contributed by atoms with Crippen molar-refractivity contribution in [3.05, 3.63) is 28.7 Å². The number of halogens is 1. The molecule has 6 heterocycles. The van der Waals surface area contributed by atoms with Crippen molar-refractivity contribution in [1.29, 1.82) is 0 Å². The Morgan fingerprint density at radius 1 is 1.27 bits per heavy atom. The molecule has 2 aliphatic rings. The number of fused-ring (bicyclic) bond motifs is 6. The van der Waals surface area contributed by atoms with E-state index in [1.165, 1.54) is 12.5 Å². The van der Waals surface area contributed by atoms with Crippen LogP contribution in [0.5, 0.6) is 0 Å². The van der Waals surface area contributed by atoms with E-state index in [0.29, 0.717) is 11.2 Å². The zero-order chi connectivity index (χ0) is 28.2. The second-order valence-electron chi connectivity index (χ2n) is 8.49. The van der Waals surface area contributed by atoms with Crippen molar-refractivity contribution in [3.63, 3.8) is 0 Å². The number of nitrogens with zero attached hydrogens (tertiary/aromatic N) is 8. The van der Waals surface area contributed by atoms with E-state index in [4.69, 9.17) is 40.4 Å². The van der Waals surface area contributed by atoms with E-state index >= 15 is 4.39 Å². The van der Waals surface area contributed by atoms with Crippen LogP contribution < -0.4 is 11.3 Å². The van der Waals surface area contributed by atoms with Crippen LogP contribution in [0.3, 0.4) is 0 Å². The zero-order valence-corrected chi connectivity index (χ0v) is 23.4. The maximum Gasteiger partial charge on any atom is 0.387 e. The molecule has 4 aromatic rings. The molecule has 6 rings (SSSR count). The number of hydrogen-bond acceptors (Lipinski definition) is 15. The maximum atomic E-state index is 15.8. The van der Waals surface area contributed by atoms with Crippen molar-refractivity contribution in [2.75, 3.05) is 18.9 Å². The number of anilines is 1. The molecule has 1 saturated heterocycles. The van der Waals surface area contributed by atoms with Crippen molar-refractivity contribution in [1.82, 2.24) is 44.5 Å². The third-order valence-corrected chi connectivity index (χ3v) is 9.14. The van der Waals surface area contributed by atoms with E-state index in [2.05, 4.69) is 47.5 Å². The molecule has 6 atom stereocenters. The number of nitrogens with one attached hydrogen (secondary N) is 1. The van der Waals surface area contributed by atoms with Crippen molar-refractivity contribution in [2.45, 2.75) is 37.8 Å². The first kappa shape index (κ1) is 27.7. The summed E-state index contributed by atoms with van der Waals surface area (Å²) in [7, 11) is 0. The summed E-state index contributed by atoms with van der Waals surface area (Å²) in [5, 5.41) is 7.59. The highest BCUT2D eigenvalue weighted by molar-refractivity contribution is 8.44. The number of nitrogens with two attached hydrogens (primary N) is 1. The van der Waals surface area contributed by atoms with E-state index in [0.717, 1.165) is 4.68 Å². The summed E-state index contributed by atoms with van der Waals surface area (Å²) in [5.41, 5.74) is 5.36. The van der Waals surface area contributed by atoms with Gasteiger partial charge in [0.2, 0.25) is 5.95 Å². The lowest BCUT2D eigenvalue weighted by molar-refractivity contribution is -0.0520. The molecule has 0 radical (unpaired) electrons. The summed E-state index contributed by atoms with van der Waals surface area (Å²) in [6.45, 7) is -9.24. The van der Waals surface area contributed by atoms with Crippen molar-refractivity contribution in [3.8, 4) is 0 Å². The molecule has 23 heteroatoms. The van der Waals surface area contributed by atoms with Gasteiger partial charge in [0.05, 0.1) is 19.4 Å². The van der Waals surface area contributed by atoms with Crippen LogP contribution in [-0.4, -0.2) is 81.0 Å². The normalized spacial score (nSPS) is 32.1. The molecule has 0 saturated carbocycles. The summed E-state index contributed by atoms with van der Waals surface area (Å²) in [6.07, 6.45) is -3.91. The van der Waals surface area contributed by atoms with Gasteiger partial charge in [-0.05, 0) is 11.8 Å². The van der Waals surface area contributed by atoms with E-state index in [-0.39, 0.29) is 36.1 Å². The van der Waals surface area contributed by atoms with Crippen molar-refractivity contribution in [2.24, 2.45) is 0 Å². The Morgan fingerprint density at radius 2 is 2.10 bits per heavy atom. The number of nitrogen functional groups attached to an aromatic ring is 1. The first-order valence-corrected chi connectivity index (χ1v) is 16.6. The average molecular weight is 636 g/mol. The molecule has 4 aromatic heterocycles. The predicted octanol–water partition coefficient (Wildman–Crippen LogP) is 0.375. The van der Waals surface area contributed by atoms with Gasteiger partial charge in [-0.1, -0.05) is 17.5 Å². The largest absolute Gasteiger partial charge is 0.387 e. The minimum atomic E-state index is -4.33. The average Bonchev–Trinajstić information content (AvgIpc) is 3.55. The van der Waals surface area contributed by atoms with Crippen LogP contribution in [0.2, 0.25) is 0 Å². The van der Waals surface area contributed by atoms with E-state index in [1.54, 1.807) is 4.57 Å². The number of thiol groups is 1. The molecule has 18 nitrogen and oxygen atoms in total. The summed E-state index contributed by atoms with van der Waals surface area (Å²) < 4.78 is 59.1. The van der Waals surface area contributed by atoms with Gasteiger partial charge in [0.15, 0.2) is 29.2 Å². The Morgan fingerprint density at radius 3 is 2.92 bits per heavy atom. The van der Waals surface area contributed by atoms with Gasteiger partial charge in [-0.15, -0.1) is 5.10 Å². The summed E-state index contributed by atoms with van der Waals surface area (Å²) in [4.78, 5) is 41.5. The maximum absolute atomic E-state index is 15.8. The standard InChI is InChI=1S/C17H19FN10O8P2S2/c18-10-8-4-33-37(30,39)32-2-1-27-9(22-7-3-20-6-21-13(7)27)5-34-38(31,40)36-12(10)16(35-8)28-14-11(25-26-28)15(29)24-17(19)23-14/h3,6,8,10,12,16H,1-2,4-5H2,(H,30,39)(H,31,40)(H3,19,23,24,29)/t8-,10+,12-,16-,37?,38?/m1/s1. The lowest BCUT2D eigenvalue weighted by Crippen LogP contribution is -2.32. The smallest absolute Gasteiger partial charge is 0.369 e. The van der Waals surface area contributed by atoms with E-state index in [1.807, 2.05) is 0 Å². The van der Waals surface area contributed by atoms with Gasteiger partial charge in [0.25, 0.3) is 5.56 Å². The molecule has 0 spiro atoms. The fraction of sp³-hybridized carbons (Fsp3) is 0.471. The monoisotopic (exact) mass is 636 g/mol. The fourth-order valence-electron chi connectivity index (χ4n) is 4.21. The van der Waals surface area contributed by atoms with Crippen LogP contribution in [0.4, 0.5) is 10.3 Å². The van der Waals surface area contributed by atoms with Crippen LogP contribution in [0.1, 0.15) is 12.1 Å². The van der Waals surface area contributed by atoms with Gasteiger partial charge in [-0.3, -0.25) is 18.8 Å². The highest BCUT2D eigenvalue weighted by Gasteiger charge is 2.51. The Hall–Kier alpha value is -2.45. The first-order chi connectivity index (χ1) is 19.0. The number of hydrogen-bond donors (Lipinski definition) is 4. The SMILES string of the molecule is Nc1nc2c(nnn2[C@@H]2O[C@@H]3COP(O)(=S)OCCn4c(nc5cncnc54)COP(=O)(S)O[C@@H]2[C@H]3F)c(=O)[nH]1. The van der Waals surface area contributed by atoms with Gasteiger partial charge >= 0.3 is 13.5 Å². The Kier molecular flexibility index (Phi) is 7.22. The Balaban J connectivity index is 1.38. The minimum Gasteiger partial charge on any atom is -0.369 e. The first-order valence-electron chi connectivity index (χ1n) is 11.3. The highest BCUT2D eigenvalue weighted by atomic mass is 32.7. The fourth-order valence-corrected chi connectivity index (χ4v) is 6.71. The topological polar surface area (TPSA) is 230 Å². The number of ether oxygens (including phenoxy) is 1. The molecule has 4 N–H and O–H groups in total. The number of H-pyrrole nitrogens is 1. The summed E-state index contributed by atoms with van der Waals surface area (Å²) >= 11 is 9.10. The highest BCUT2D eigenvalue weighted by Crippen LogP contribution is 2.57. The van der Waals surface area contributed by atoms with Crippen LogP contribution in [-0.2, 0) is 52.4 Å². The van der Waals surface area contributed by atoms with Crippen molar-refractivity contribution >= 4 is 65.8 Å². The van der Waals surface area contributed by atoms with Gasteiger partial charge in [-0.25, -0.2) is 23.9 Å². The van der Waals surface area contributed by atoms with Gasteiger partial charge in [0.1, 0.15) is 36.5 Å². The molecular weight excluding hydrogens is 617 g/mol. The molecule has 2 aliphatic heterocycles. The van der Waals surface area contributed by atoms with Gasteiger partial charge < -0.3 is 29.0 Å². The molecule has 2 unspecified atom stereocenters. The molecule has 214 valence electrons. The number of imidazole rings is 1. The predicted molar refractivity (Wildman–Crippen MR) is 139 cm³/mol. The van der Waals surface area contributed by atoms with Crippen LogP contribution in [0, 0.1) is 0 Å². The van der Waals surface area contributed by atoms with Crippen LogP contribution in [0.15, 0.2) is 17.3 Å². The van der Waals surface area contributed by atoms with E-state index in [9.17, 15) is 14.3 Å². The van der Waals surface area contributed by atoms with E-state index < -0.39 is 56.9 Å². The van der Waals surface area contributed by atoms with Gasteiger partial charge in [0, 0.05) is 6.54 Å². The Bertz CT molecular complexity index is 1750. The summed E-state index contributed by atoms with van der Waals surface area (Å²) in [6, 6.07) is 0. The Labute approximate surface area is 232 Å². The van der Waals surface area contributed by atoms with Crippen molar-refractivity contribution < 1.29 is 36.7 Å². The summed E-state index contributed by atoms with van der Waals surface area (Å²) in [5.74, 6) is -0.0365. The lowest BCUT2D eigenvalue weighted by atomic mass is 10.1. The third kappa shape index (κ3) is 5.29. The lowest BCUT2D eigenvalue weighted by Gasteiger charge is -2.23. The molecule has 40 heavy (non-hydrogen) atoms. The zero-order valence-electron chi connectivity index (χ0n) is 19.9. The van der Waals surface area contributed by atoms with Crippen LogP contribution in [0.25, 0.3) is 22.3 Å². The number of aromatic nitrogens is 9. The molecule has 0 amide bonds. The van der Waals surface area contributed by atoms with Crippen LogP contribution >= 0.6 is 25.8 Å². The number of aromatic amines is 1. The van der Waals surface area contributed by atoms with Gasteiger partial charge in [-0.2, -0.15) is 9.67 Å². The quantitative estimate of drug-likeness (QED) is 0.163. The minimum absolute atomic E-state index is 0.0945. The second-order valence-corrected chi connectivity index (χ2v) is 14.2. The number of alkyl halides is 1. The molecule has 0 aliphatic carbocycles. The molecular formula is C17H19FN10O8P2S2. The molecule has 2 bridgehead atoms. The molecule has 0 aromatic carbocycles.